The molecule has 4 nitrogen and oxygen atoms in total. The van der Waals surface area contributed by atoms with Crippen LogP contribution in [-0.2, 0) is 0 Å². The van der Waals surface area contributed by atoms with Crippen LogP contribution in [0, 0.1) is 17.1 Å². The van der Waals surface area contributed by atoms with Gasteiger partial charge in [-0.1, -0.05) is 6.07 Å². The summed E-state index contributed by atoms with van der Waals surface area (Å²) in [6.07, 6.45) is 2.33. The van der Waals surface area contributed by atoms with Crippen LogP contribution in [0.15, 0.2) is 42.6 Å². The Kier molecular flexibility index (Phi) is 3.87. The molecule has 23 heavy (non-hydrogen) atoms. The fourth-order valence-corrected chi connectivity index (χ4v) is 3.25. The molecule has 0 aliphatic carbocycles. The first-order valence-electron chi connectivity index (χ1n) is 6.63. The fourth-order valence-electron chi connectivity index (χ4n) is 2.26. The molecule has 0 aliphatic rings. The summed E-state index contributed by atoms with van der Waals surface area (Å²) in [7, 11) is 0. The number of nitrogens with two attached hydrogens (primary N) is 1. The zero-order valence-electron chi connectivity index (χ0n) is 11.8. The minimum Gasteiger partial charge on any atom is -0.384 e. The lowest BCUT2D eigenvalue weighted by atomic mass is 10.0. The van der Waals surface area contributed by atoms with E-state index in [-0.39, 0.29) is 5.56 Å². The molecule has 6 heteroatoms. The van der Waals surface area contributed by atoms with E-state index < -0.39 is 5.82 Å². The van der Waals surface area contributed by atoms with Crippen molar-refractivity contribution in [2.45, 2.75) is 0 Å². The second-order valence-corrected chi connectivity index (χ2v) is 5.87. The minimum atomic E-state index is -0.593. The van der Waals surface area contributed by atoms with Crippen LogP contribution in [-0.4, -0.2) is 11.3 Å². The molecule has 0 amide bonds. The maximum atomic E-state index is 13.9. The first kappa shape index (κ1) is 14.9. The molecule has 112 valence electrons. The topological polar surface area (TPSA) is 79.8 Å². The highest BCUT2D eigenvalue weighted by molar-refractivity contribution is 7.17. The van der Waals surface area contributed by atoms with Gasteiger partial charge >= 0.3 is 0 Å². The summed E-state index contributed by atoms with van der Waals surface area (Å²) >= 11 is 1.29. The number of hydrogen-bond donors (Lipinski definition) is 1. The Morgan fingerprint density at radius 3 is 2.70 bits per heavy atom. The lowest BCUT2D eigenvalue weighted by molar-refractivity contribution is 0.112. The standard InChI is InChI=1S/C17H10FN3OS/c18-15-5-10(1-2-12(15)8-19)14-7-13(9-22)23-17(14)11-3-4-21-16(20)6-11/h1-7,9H,(H2,20,21). The molecule has 0 spiro atoms. The van der Waals surface area contributed by atoms with E-state index in [1.807, 2.05) is 0 Å². The number of carbonyl (C=O) groups excluding carboxylic acids is 1. The number of thiophene rings is 1. The van der Waals surface area contributed by atoms with E-state index in [2.05, 4.69) is 4.98 Å². The van der Waals surface area contributed by atoms with E-state index in [4.69, 9.17) is 11.0 Å². The van der Waals surface area contributed by atoms with E-state index >= 15 is 0 Å². The number of benzene rings is 1. The molecule has 3 aromatic rings. The van der Waals surface area contributed by atoms with Crippen molar-refractivity contribution in [1.29, 1.82) is 5.26 Å². The van der Waals surface area contributed by atoms with E-state index in [0.29, 0.717) is 21.8 Å². The van der Waals surface area contributed by atoms with Gasteiger partial charge in [0.15, 0.2) is 6.29 Å². The quantitative estimate of drug-likeness (QED) is 0.742. The van der Waals surface area contributed by atoms with Crippen LogP contribution in [0.3, 0.4) is 0 Å². The molecule has 0 fully saturated rings. The van der Waals surface area contributed by atoms with Gasteiger partial charge in [-0.25, -0.2) is 9.37 Å². The van der Waals surface area contributed by atoms with Crippen molar-refractivity contribution >= 4 is 23.4 Å². The average molecular weight is 323 g/mol. The smallest absolute Gasteiger partial charge is 0.160 e. The summed E-state index contributed by atoms with van der Waals surface area (Å²) in [6, 6.07) is 11.3. The first-order valence-corrected chi connectivity index (χ1v) is 7.45. The number of halogens is 1. The molecule has 0 atom stereocenters. The van der Waals surface area contributed by atoms with Crippen molar-refractivity contribution in [3.8, 4) is 27.6 Å². The monoisotopic (exact) mass is 323 g/mol. The third-order valence-electron chi connectivity index (χ3n) is 3.31. The number of nitrogens with zero attached hydrogens (tertiary/aromatic N) is 2. The molecule has 0 bridgehead atoms. The van der Waals surface area contributed by atoms with Crippen molar-refractivity contribution in [2.24, 2.45) is 0 Å². The number of anilines is 1. The Labute approximate surface area is 135 Å². The van der Waals surface area contributed by atoms with Gasteiger partial charge in [0, 0.05) is 16.6 Å². The number of aromatic nitrogens is 1. The summed E-state index contributed by atoms with van der Waals surface area (Å²) in [5.74, 6) is -0.232. The second-order valence-electron chi connectivity index (χ2n) is 4.79. The van der Waals surface area contributed by atoms with Crippen molar-refractivity contribution in [2.75, 3.05) is 5.73 Å². The Morgan fingerprint density at radius 2 is 2.04 bits per heavy atom. The molecule has 0 aliphatic heterocycles. The Balaban J connectivity index is 2.20. The van der Waals surface area contributed by atoms with Gasteiger partial charge in [0.25, 0.3) is 0 Å². The summed E-state index contributed by atoms with van der Waals surface area (Å²) < 4.78 is 13.9. The highest BCUT2D eigenvalue weighted by Crippen LogP contribution is 2.39. The lowest BCUT2D eigenvalue weighted by Gasteiger charge is -2.06. The second kappa shape index (κ2) is 5.99. The molecule has 2 heterocycles. The average Bonchev–Trinajstić information content (AvgIpc) is 2.99. The van der Waals surface area contributed by atoms with Gasteiger partial charge in [-0.3, -0.25) is 4.79 Å². The van der Waals surface area contributed by atoms with Crippen LogP contribution in [0.25, 0.3) is 21.6 Å². The molecule has 0 saturated carbocycles. The lowest BCUT2D eigenvalue weighted by Crippen LogP contribution is -1.90. The highest BCUT2D eigenvalue weighted by Gasteiger charge is 2.15. The largest absolute Gasteiger partial charge is 0.384 e. The van der Waals surface area contributed by atoms with Gasteiger partial charge < -0.3 is 5.73 Å². The number of aldehydes is 1. The van der Waals surface area contributed by atoms with E-state index in [1.54, 1.807) is 36.5 Å². The third-order valence-corrected chi connectivity index (χ3v) is 4.42. The van der Waals surface area contributed by atoms with Gasteiger partial charge in [-0.2, -0.15) is 5.26 Å². The maximum absolute atomic E-state index is 13.9. The zero-order valence-corrected chi connectivity index (χ0v) is 12.6. The van der Waals surface area contributed by atoms with Crippen LogP contribution in [0.5, 0.6) is 0 Å². The van der Waals surface area contributed by atoms with Gasteiger partial charge in [0.1, 0.15) is 17.7 Å². The molecule has 2 aromatic heterocycles. The van der Waals surface area contributed by atoms with Crippen LogP contribution < -0.4 is 5.73 Å². The predicted molar refractivity (Wildman–Crippen MR) is 87.5 cm³/mol. The fraction of sp³-hybridized carbons (Fsp3) is 0. The molecule has 0 unspecified atom stereocenters. The molecule has 1 aromatic carbocycles. The Morgan fingerprint density at radius 1 is 1.22 bits per heavy atom. The Bertz CT molecular complexity index is 943. The van der Waals surface area contributed by atoms with Gasteiger partial charge in [-0.05, 0) is 41.5 Å². The normalized spacial score (nSPS) is 10.3. The van der Waals surface area contributed by atoms with Crippen molar-refractivity contribution in [1.82, 2.24) is 4.98 Å². The number of carbonyl (C=O) groups is 1. The third kappa shape index (κ3) is 2.82. The summed E-state index contributed by atoms with van der Waals surface area (Å²) in [5, 5.41) is 8.83. The van der Waals surface area contributed by atoms with Gasteiger partial charge in [-0.15, -0.1) is 11.3 Å². The molecule has 0 radical (unpaired) electrons. The van der Waals surface area contributed by atoms with Crippen molar-refractivity contribution in [3.63, 3.8) is 0 Å². The molecule has 2 N–H and O–H groups in total. The summed E-state index contributed by atoms with van der Waals surface area (Å²) in [4.78, 5) is 16.4. The SMILES string of the molecule is N#Cc1ccc(-c2cc(C=O)sc2-c2ccnc(N)c2)cc1F. The summed E-state index contributed by atoms with van der Waals surface area (Å²) in [6.45, 7) is 0. The van der Waals surface area contributed by atoms with Crippen LogP contribution >= 0.6 is 11.3 Å². The molecular formula is C17H10FN3OS. The first-order chi connectivity index (χ1) is 11.1. The van der Waals surface area contributed by atoms with Crippen LogP contribution in [0.4, 0.5) is 10.2 Å². The zero-order chi connectivity index (χ0) is 16.4. The number of pyridine rings is 1. The van der Waals surface area contributed by atoms with Crippen molar-refractivity contribution in [3.05, 3.63) is 58.9 Å². The molecule has 0 saturated heterocycles. The van der Waals surface area contributed by atoms with Crippen molar-refractivity contribution < 1.29 is 9.18 Å². The molecule has 3 rings (SSSR count). The summed E-state index contributed by atoms with van der Waals surface area (Å²) in [5.41, 5.74) is 7.80. The van der Waals surface area contributed by atoms with E-state index in [9.17, 15) is 9.18 Å². The van der Waals surface area contributed by atoms with Gasteiger partial charge in [0.2, 0.25) is 0 Å². The number of nitrogen functional groups attached to an aromatic ring is 1. The Hall–Kier alpha value is -3.04. The number of hydrogen-bond acceptors (Lipinski definition) is 5. The van der Waals surface area contributed by atoms with Crippen LogP contribution in [0.1, 0.15) is 15.2 Å². The van der Waals surface area contributed by atoms with Crippen LogP contribution in [0.2, 0.25) is 0 Å². The van der Waals surface area contributed by atoms with E-state index in [1.165, 1.54) is 23.5 Å². The maximum Gasteiger partial charge on any atom is 0.160 e. The van der Waals surface area contributed by atoms with E-state index in [0.717, 1.165) is 16.7 Å². The van der Waals surface area contributed by atoms with Gasteiger partial charge in [0.05, 0.1) is 10.4 Å². The predicted octanol–water partition coefficient (Wildman–Crippen LogP) is 3.88. The highest BCUT2D eigenvalue weighted by atomic mass is 32.1. The molecular weight excluding hydrogens is 313 g/mol. The minimum absolute atomic E-state index is 0.0192. The number of rotatable bonds is 3. The number of nitriles is 1.